The van der Waals surface area contributed by atoms with Gasteiger partial charge in [0.2, 0.25) is 11.7 Å². The van der Waals surface area contributed by atoms with Gasteiger partial charge in [0.05, 0.1) is 16.2 Å². The van der Waals surface area contributed by atoms with E-state index in [9.17, 15) is 9.59 Å². The van der Waals surface area contributed by atoms with Crippen LogP contribution in [0, 0.1) is 0 Å². The molecule has 0 aliphatic carbocycles. The number of hydrogen-bond acceptors (Lipinski definition) is 5. The van der Waals surface area contributed by atoms with E-state index < -0.39 is 5.25 Å². The first kappa shape index (κ1) is 18.7. The van der Waals surface area contributed by atoms with Crippen molar-refractivity contribution in [1.82, 2.24) is 19.2 Å². The van der Waals surface area contributed by atoms with Crippen molar-refractivity contribution in [2.24, 2.45) is 7.05 Å². The maximum atomic E-state index is 12.6. The maximum absolute atomic E-state index is 12.6. The normalized spacial score (nSPS) is 12.4. The van der Waals surface area contributed by atoms with Gasteiger partial charge >= 0.3 is 0 Å². The number of rotatable bonds is 4. The van der Waals surface area contributed by atoms with Crippen LogP contribution in [0.15, 0.2) is 63.0 Å². The van der Waals surface area contributed by atoms with Crippen molar-refractivity contribution in [3.8, 4) is 0 Å². The Morgan fingerprint density at radius 1 is 1.18 bits per heavy atom. The number of nitrogens with one attached hydrogen (secondary N) is 1. The number of para-hydroxylation sites is 1. The van der Waals surface area contributed by atoms with Gasteiger partial charge in [0.15, 0.2) is 5.16 Å². The van der Waals surface area contributed by atoms with Crippen molar-refractivity contribution in [3.63, 3.8) is 0 Å². The van der Waals surface area contributed by atoms with E-state index in [2.05, 4.69) is 31.4 Å². The molecule has 142 valence electrons. The quantitative estimate of drug-likeness (QED) is 0.474. The van der Waals surface area contributed by atoms with Crippen LogP contribution in [-0.4, -0.2) is 30.3 Å². The number of hydrogen-bond donors (Lipinski definition) is 1. The van der Waals surface area contributed by atoms with Crippen LogP contribution >= 0.6 is 27.7 Å². The Morgan fingerprint density at radius 3 is 2.75 bits per heavy atom. The van der Waals surface area contributed by atoms with Gasteiger partial charge in [-0.1, -0.05) is 45.9 Å². The molecule has 7 nitrogen and oxygen atoms in total. The largest absolute Gasteiger partial charge is 0.325 e. The average molecular weight is 458 g/mol. The van der Waals surface area contributed by atoms with Gasteiger partial charge in [-0.2, -0.15) is 0 Å². The predicted octanol–water partition coefficient (Wildman–Crippen LogP) is 3.46. The van der Waals surface area contributed by atoms with Crippen LogP contribution < -0.4 is 10.9 Å². The van der Waals surface area contributed by atoms with Crippen LogP contribution in [0.4, 0.5) is 5.69 Å². The predicted molar refractivity (Wildman–Crippen MR) is 114 cm³/mol. The lowest BCUT2D eigenvalue weighted by molar-refractivity contribution is -0.115. The zero-order valence-corrected chi connectivity index (χ0v) is 17.5. The fraction of sp³-hybridized carbons (Fsp3) is 0.158. The molecule has 4 aromatic rings. The molecule has 1 N–H and O–H groups in total. The second-order valence-electron chi connectivity index (χ2n) is 6.26. The minimum absolute atomic E-state index is 0.132. The third-order valence-electron chi connectivity index (χ3n) is 4.34. The first-order valence-corrected chi connectivity index (χ1v) is 10.2. The van der Waals surface area contributed by atoms with Crippen LogP contribution in [0.25, 0.3) is 16.7 Å². The number of amides is 1. The number of fused-ring (bicyclic) bond motifs is 3. The Morgan fingerprint density at radius 2 is 1.96 bits per heavy atom. The van der Waals surface area contributed by atoms with Gasteiger partial charge in [-0.3, -0.25) is 18.6 Å². The average Bonchev–Trinajstić information content (AvgIpc) is 3.10. The van der Waals surface area contributed by atoms with Crippen molar-refractivity contribution in [1.29, 1.82) is 0 Å². The Labute approximate surface area is 172 Å². The van der Waals surface area contributed by atoms with Crippen molar-refractivity contribution >= 4 is 56.0 Å². The van der Waals surface area contributed by atoms with Crippen LogP contribution in [0.2, 0.25) is 0 Å². The Kier molecular flexibility index (Phi) is 4.94. The monoisotopic (exact) mass is 457 g/mol. The molecule has 9 heteroatoms. The highest BCUT2D eigenvalue weighted by atomic mass is 79.9. The SMILES string of the molecule is CC(Sc1nnc2n(C)c(=O)c3ccccc3n12)C(=O)Nc1cccc(Br)c1. The highest BCUT2D eigenvalue weighted by Crippen LogP contribution is 2.26. The lowest BCUT2D eigenvalue weighted by atomic mass is 10.2. The maximum Gasteiger partial charge on any atom is 0.262 e. The summed E-state index contributed by atoms with van der Waals surface area (Å²) in [4.78, 5) is 25.1. The third-order valence-corrected chi connectivity index (χ3v) is 5.88. The summed E-state index contributed by atoms with van der Waals surface area (Å²) < 4.78 is 4.16. The molecule has 0 saturated carbocycles. The number of carbonyl (C=O) groups excluding carboxylic acids is 1. The van der Waals surface area contributed by atoms with E-state index >= 15 is 0 Å². The van der Waals surface area contributed by atoms with Crippen LogP contribution in [0.3, 0.4) is 0 Å². The fourth-order valence-corrected chi connectivity index (χ4v) is 4.16. The zero-order chi connectivity index (χ0) is 19.8. The number of thioether (sulfide) groups is 1. The number of anilines is 1. The molecule has 0 fully saturated rings. The third kappa shape index (κ3) is 3.31. The van der Waals surface area contributed by atoms with Crippen LogP contribution in [-0.2, 0) is 11.8 Å². The van der Waals surface area contributed by atoms with Crippen LogP contribution in [0.5, 0.6) is 0 Å². The van der Waals surface area contributed by atoms with Crippen molar-refractivity contribution in [3.05, 3.63) is 63.4 Å². The molecule has 0 spiro atoms. The Bertz CT molecular complexity index is 1270. The Balaban J connectivity index is 1.68. The summed E-state index contributed by atoms with van der Waals surface area (Å²) in [5, 5.41) is 12.0. The summed E-state index contributed by atoms with van der Waals surface area (Å²) in [7, 11) is 1.66. The molecule has 28 heavy (non-hydrogen) atoms. The number of carbonyl (C=O) groups is 1. The topological polar surface area (TPSA) is 81.3 Å². The standard InChI is InChI=1S/C19H16BrN5O2S/c1-11(16(26)21-13-7-5-6-12(20)10-13)28-19-23-22-18-24(2)17(27)14-8-3-4-9-15(14)25(18)19/h3-11H,1-2H3,(H,21,26). The molecule has 0 saturated heterocycles. The van der Waals surface area contributed by atoms with E-state index in [1.807, 2.05) is 53.8 Å². The van der Waals surface area contributed by atoms with E-state index in [1.54, 1.807) is 13.1 Å². The van der Waals surface area contributed by atoms with Gasteiger partial charge in [0, 0.05) is 17.2 Å². The smallest absolute Gasteiger partial charge is 0.262 e. The molecule has 2 heterocycles. The highest BCUT2D eigenvalue weighted by molar-refractivity contribution is 9.10. The summed E-state index contributed by atoms with van der Waals surface area (Å²) >= 11 is 4.69. The second-order valence-corrected chi connectivity index (χ2v) is 8.48. The van der Waals surface area contributed by atoms with E-state index in [1.165, 1.54) is 16.3 Å². The minimum Gasteiger partial charge on any atom is -0.325 e. The summed E-state index contributed by atoms with van der Waals surface area (Å²) in [6.45, 7) is 1.81. The van der Waals surface area contributed by atoms with E-state index in [-0.39, 0.29) is 11.5 Å². The summed E-state index contributed by atoms with van der Waals surface area (Å²) in [6.07, 6.45) is 0. The van der Waals surface area contributed by atoms with E-state index in [4.69, 9.17) is 0 Å². The lowest BCUT2D eigenvalue weighted by Crippen LogP contribution is -2.23. The molecule has 0 radical (unpaired) electrons. The van der Waals surface area contributed by atoms with Gasteiger partial charge < -0.3 is 5.32 Å². The summed E-state index contributed by atoms with van der Waals surface area (Å²) in [5.41, 5.74) is 1.30. The van der Waals surface area contributed by atoms with Crippen LogP contribution in [0.1, 0.15) is 6.92 Å². The molecule has 0 aliphatic rings. The van der Waals surface area contributed by atoms with Crippen molar-refractivity contribution in [2.45, 2.75) is 17.3 Å². The summed E-state index contributed by atoms with van der Waals surface area (Å²) in [5.74, 6) is 0.291. The number of aromatic nitrogens is 4. The van der Waals surface area contributed by atoms with E-state index in [0.717, 1.165) is 4.47 Å². The number of nitrogens with zero attached hydrogens (tertiary/aromatic N) is 4. The Hall–Kier alpha value is -2.65. The number of halogens is 1. The number of aryl methyl sites for hydroxylation is 1. The molecule has 2 aromatic carbocycles. The van der Waals surface area contributed by atoms with Gasteiger partial charge in [-0.25, -0.2) is 0 Å². The summed E-state index contributed by atoms with van der Waals surface area (Å²) in [6, 6.07) is 14.7. The molecule has 0 aliphatic heterocycles. The van der Waals surface area contributed by atoms with Gasteiger partial charge in [-0.15, -0.1) is 10.2 Å². The molecule has 2 aromatic heterocycles. The molecule has 1 unspecified atom stereocenters. The molecule has 1 amide bonds. The molecule has 1 atom stereocenters. The lowest BCUT2D eigenvalue weighted by Gasteiger charge is -2.12. The molecular weight excluding hydrogens is 442 g/mol. The molecule has 4 rings (SSSR count). The first-order valence-electron chi connectivity index (χ1n) is 8.51. The van der Waals surface area contributed by atoms with Crippen molar-refractivity contribution < 1.29 is 4.79 Å². The zero-order valence-electron chi connectivity index (χ0n) is 15.1. The molecular formula is C19H16BrN5O2S. The van der Waals surface area contributed by atoms with E-state index in [0.29, 0.717) is 27.5 Å². The van der Waals surface area contributed by atoms with Gasteiger partial charge in [0.1, 0.15) is 0 Å². The minimum atomic E-state index is -0.414. The fourth-order valence-electron chi connectivity index (χ4n) is 2.91. The van der Waals surface area contributed by atoms with Crippen molar-refractivity contribution in [2.75, 3.05) is 5.32 Å². The second kappa shape index (κ2) is 7.40. The van der Waals surface area contributed by atoms with Gasteiger partial charge in [-0.05, 0) is 37.3 Å². The first-order chi connectivity index (χ1) is 13.5. The highest BCUT2D eigenvalue weighted by Gasteiger charge is 2.21. The molecule has 0 bridgehead atoms. The number of benzene rings is 2. The van der Waals surface area contributed by atoms with Gasteiger partial charge in [0.25, 0.3) is 5.56 Å².